The highest BCUT2D eigenvalue weighted by molar-refractivity contribution is 7.10. The van der Waals surface area contributed by atoms with Gasteiger partial charge in [0.1, 0.15) is 6.04 Å². The molecule has 1 aliphatic heterocycles. The molecule has 2 aliphatic rings. The van der Waals surface area contributed by atoms with Crippen LogP contribution < -0.4 is 5.32 Å². The molecule has 4 heteroatoms. The molecule has 20 heavy (non-hydrogen) atoms. The highest BCUT2D eigenvalue weighted by atomic mass is 32.1. The van der Waals surface area contributed by atoms with Crippen molar-refractivity contribution in [3.63, 3.8) is 0 Å². The van der Waals surface area contributed by atoms with Crippen LogP contribution in [-0.4, -0.2) is 30.4 Å². The predicted octanol–water partition coefficient (Wildman–Crippen LogP) is 3.12. The van der Waals surface area contributed by atoms with E-state index in [-0.39, 0.29) is 6.04 Å². The molecule has 0 aromatic carbocycles. The summed E-state index contributed by atoms with van der Waals surface area (Å²) in [6.45, 7) is 0.894. The van der Waals surface area contributed by atoms with E-state index in [1.165, 1.54) is 49.0 Å². The highest BCUT2D eigenvalue weighted by Crippen LogP contribution is 2.32. The molecule has 1 unspecified atom stereocenters. The molecule has 3 nitrogen and oxygen atoms in total. The standard InChI is InChI=1S/C16H24N2OS/c1-17-14-15-12(9-11-20-15)8-10-18(16(14)19)13-6-4-2-3-5-7-13/h9,11,13-14,17H,2-8,10H2,1H3. The first-order chi connectivity index (χ1) is 9.81. The summed E-state index contributed by atoms with van der Waals surface area (Å²) in [7, 11) is 1.91. The van der Waals surface area contributed by atoms with Gasteiger partial charge in [0.15, 0.2) is 0 Å². The van der Waals surface area contributed by atoms with Gasteiger partial charge < -0.3 is 10.2 Å². The lowest BCUT2D eigenvalue weighted by molar-refractivity contribution is -0.135. The summed E-state index contributed by atoms with van der Waals surface area (Å²) in [5.41, 5.74) is 1.36. The van der Waals surface area contributed by atoms with Crippen LogP contribution in [0.4, 0.5) is 0 Å². The SMILES string of the molecule is CNC1C(=O)N(C2CCCCCC2)CCc2ccsc21. The van der Waals surface area contributed by atoms with Crippen LogP contribution in [0.1, 0.15) is 55.0 Å². The minimum absolute atomic E-state index is 0.129. The van der Waals surface area contributed by atoms with Crippen molar-refractivity contribution in [3.8, 4) is 0 Å². The Hall–Kier alpha value is -0.870. The van der Waals surface area contributed by atoms with Crippen LogP contribution >= 0.6 is 11.3 Å². The molecule has 1 atom stereocenters. The lowest BCUT2D eigenvalue weighted by Crippen LogP contribution is -2.45. The number of rotatable bonds is 2. The van der Waals surface area contributed by atoms with E-state index >= 15 is 0 Å². The number of amides is 1. The van der Waals surface area contributed by atoms with E-state index in [0.29, 0.717) is 11.9 Å². The fraction of sp³-hybridized carbons (Fsp3) is 0.688. The lowest BCUT2D eigenvalue weighted by atomic mass is 10.1. The number of hydrogen-bond donors (Lipinski definition) is 1. The van der Waals surface area contributed by atoms with Crippen LogP contribution in [0.3, 0.4) is 0 Å². The first-order valence-corrected chi connectivity index (χ1v) is 8.73. The second-order valence-electron chi connectivity index (χ2n) is 5.96. The fourth-order valence-corrected chi connectivity index (χ4v) is 4.68. The average Bonchev–Trinajstić information content (AvgIpc) is 2.69. The second kappa shape index (κ2) is 6.27. The summed E-state index contributed by atoms with van der Waals surface area (Å²) in [5, 5.41) is 5.35. The monoisotopic (exact) mass is 292 g/mol. The largest absolute Gasteiger partial charge is 0.338 e. The van der Waals surface area contributed by atoms with Crippen molar-refractivity contribution in [2.75, 3.05) is 13.6 Å². The van der Waals surface area contributed by atoms with E-state index < -0.39 is 0 Å². The van der Waals surface area contributed by atoms with E-state index in [1.807, 2.05) is 7.05 Å². The first-order valence-electron chi connectivity index (χ1n) is 7.85. The fourth-order valence-electron chi connectivity index (χ4n) is 3.62. The lowest BCUT2D eigenvalue weighted by Gasteiger charge is -2.32. The summed E-state index contributed by atoms with van der Waals surface area (Å²) in [5.74, 6) is 0.292. The molecule has 1 saturated carbocycles. The van der Waals surface area contributed by atoms with Gasteiger partial charge in [0.25, 0.3) is 0 Å². The van der Waals surface area contributed by atoms with Gasteiger partial charge in [0.2, 0.25) is 5.91 Å². The maximum atomic E-state index is 12.9. The molecular weight excluding hydrogens is 268 g/mol. The smallest absolute Gasteiger partial charge is 0.245 e. The number of carbonyl (C=O) groups is 1. The normalized spacial score (nSPS) is 25.1. The summed E-state index contributed by atoms with van der Waals surface area (Å²) < 4.78 is 0. The quantitative estimate of drug-likeness (QED) is 0.850. The minimum Gasteiger partial charge on any atom is -0.338 e. The van der Waals surface area contributed by atoms with E-state index in [4.69, 9.17) is 0 Å². The van der Waals surface area contributed by atoms with Crippen molar-refractivity contribution in [1.29, 1.82) is 0 Å². The van der Waals surface area contributed by atoms with Crippen molar-refractivity contribution in [2.24, 2.45) is 0 Å². The van der Waals surface area contributed by atoms with Gasteiger partial charge in [-0.05, 0) is 43.3 Å². The first kappa shape index (κ1) is 14.1. The molecule has 1 N–H and O–H groups in total. The Kier molecular flexibility index (Phi) is 4.41. The third-order valence-electron chi connectivity index (χ3n) is 4.75. The zero-order valence-corrected chi connectivity index (χ0v) is 13.0. The van der Waals surface area contributed by atoms with Gasteiger partial charge in [0.05, 0.1) is 0 Å². The predicted molar refractivity (Wildman–Crippen MR) is 83.0 cm³/mol. The van der Waals surface area contributed by atoms with Crippen molar-refractivity contribution < 1.29 is 4.79 Å². The van der Waals surface area contributed by atoms with E-state index in [0.717, 1.165) is 13.0 Å². The van der Waals surface area contributed by atoms with Crippen LogP contribution in [-0.2, 0) is 11.2 Å². The van der Waals surface area contributed by atoms with Crippen LogP contribution in [0.15, 0.2) is 11.4 Å². The molecule has 2 heterocycles. The Morgan fingerprint density at radius 2 is 2.00 bits per heavy atom. The second-order valence-corrected chi connectivity index (χ2v) is 6.91. The zero-order valence-electron chi connectivity index (χ0n) is 12.2. The molecule has 1 aromatic rings. The number of nitrogens with zero attached hydrogens (tertiary/aromatic N) is 1. The van der Waals surface area contributed by atoms with Crippen molar-refractivity contribution in [3.05, 3.63) is 21.9 Å². The molecule has 3 rings (SSSR count). The molecule has 1 aliphatic carbocycles. The number of likely N-dealkylation sites (N-methyl/N-ethyl adjacent to an activating group) is 1. The minimum atomic E-state index is -0.129. The van der Waals surface area contributed by atoms with Gasteiger partial charge in [-0.25, -0.2) is 0 Å². The van der Waals surface area contributed by atoms with Gasteiger partial charge in [-0.2, -0.15) is 0 Å². The molecule has 1 fully saturated rings. The Bertz CT molecular complexity index is 463. The Morgan fingerprint density at radius 1 is 1.25 bits per heavy atom. The van der Waals surface area contributed by atoms with Gasteiger partial charge in [-0.1, -0.05) is 25.7 Å². The molecule has 0 saturated heterocycles. The topological polar surface area (TPSA) is 32.3 Å². The number of thiophene rings is 1. The van der Waals surface area contributed by atoms with Gasteiger partial charge in [-0.15, -0.1) is 11.3 Å². The highest BCUT2D eigenvalue weighted by Gasteiger charge is 2.34. The molecule has 1 amide bonds. The summed E-state index contributed by atoms with van der Waals surface area (Å²) in [4.78, 5) is 16.3. The summed E-state index contributed by atoms with van der Waals surface area (Å²) >= 11 is 1.72. The zero-order chi connectivity index (χ0) is 13.9. The van der Waals surface area contributed by atoms with E-state index in [9.17, 15) is 4.79 Å². The average molecular weight is 292 g/mol. The molecule has 0 spiro atoms. The molecule has 0 bridgehead atoms. The molecular formula is C16H24N2OS. The van der Waals surface area contributed by atoms with Crippen molar-refractivity contribution >= 4 is 17.2 Å². The van der Waals surface area contributed by atoms with Crippen molar-refractivity contribution in [2.45, 2.75) is 57.0 Å². The number of fused-ring (bicyclic) bond motifs is 1. The third-order valence-corrected chi connectivity index (χ3v) is 5.77. The Balaban J connectivity index is 1.83. The summed E-state index contributed by atoms with van der Waals surface area (Å²) in [6, 6.07) is 2.53. The van der Waals surface area contributed by atoms with E-state index in [2.05, 4.69) is 21.7 Å². The van der Waals surface area contributed by atoms with Crippen molar-refractivity contribution in [1.82, 2.24) is 10.2 Å². The third kappa shape index (κ3) is 2.63. The van der Waals surface area contributed by atoms with Crippen LogP contribution in [0.25, 0.3) is 0 Å². The van der Waals surface area contributed by atoms with Crippen LogP contribution in [0, 0.1) is 0 Å². The molecule has 110 valence electrons. The van der Waals surface area contributed by atoms with Gasteiger partial charge in [0, 0.05) is 17.5 Å². The van der Waals surface area contributed by atoms with Gasteiger partial charge >= 0.3 is 0 Å². The number of nitrogens with one attached hydrogen (secondary N) is 1. The Labute approximate surface area is 125 Å². The Morgan fingerprint density at radius 3 is 2.70 bits per heavy atom. The molecule has 0 radical (unpaired) electrons. The number of carbonyl (C=O) groups excluding carboxylic acids is 1. The summed E-state index contributed by atoms with van der Waals surface area (Å²) in [6.07, 6.45) is 8.62. The van der Waals surface area contributed by atoms with Crippen LogP contribution in [0.2, 0.25) is 0 Å². The molecule has 1 aromatic heterocycles. The van der Waals surface area contributed by atoms with Crippen LogP contribution in [0.5, 0.6) is 0 Å². The van der Waals surface area contributed by atoms with E-state index in [1.54, 1.807) is 11.3 Å². The number of hydrogen-bond acceptors (Lipinski definition) is 3. The maximum Gasteiger partial charge on any atom is 0.245 e. The van der Waals surface area contributed by atoms with Gasteiger partial charge in [-0.3, -0.25) is 4.79 Å². The maximum absolute atomic E-state index is 12.9.